The summed E-state index contributed by atoms with van der Waals surface area (Å²) >= 11 is 0. The van der Waals surface area contributed by atoms with Gasteiger partial charge in [-0.1, -0.05) is 0 Å². The summed E-state index contributed by atoms with van der Waals surface area (Å²) in [6, 6.07) is 1.41. The fraction of sp³-hybridized carbons (Fsp3) is 0.947. The van der Waals surface area contributed by atoms with E-state index in [1.54, 1.807) is 0 Å². The second kappa shape index (κ2) is 5.91. The summed E-state index contributed by atoms with van der Waals surface area (Å²) in [5.74, 6) is 3.75. The normalized spacial score (nSPS) is 49.7. The molecule has 130 valence electrons. The molecule has 0 aromatic rings. The second-order valence-corrected chi connectivity index (χ2v) is 9.43. The van der Waals surface area contributed by atoms with Gasteiger partial charge in [0.15, 0.2) is 0 Å². The second-order valence-electron chi connectivity index (χ2n) is 9.43. The van der Waals surface area contributed by atoms with Crippen LogP contribution in [-0.4, -0.2) is 23.5 Å². The van der Waals surface area contributed by atoms with E-state index in [4.69, 9.17) is 0 Å². The summed E-state index contributed by atoms with van der Waals surface area (Å²) in [6.07, 6.45) is 14.1. The third kappa shape index (κ3) is 3.04. The standard InChI is InChI=1S/C19H30N2O.ClH/c22-18(8-12-6-16-1-2-17(7-12)20-16)21-19-9-13-3-14(10-19)5-15(4-13)11-19;/h12-17,20H,1-11H2,(H,21,22);1H/t12?,13?,14?,15?,16-,17+,19?;. The van der Waals surface area contributed by atoms with Crippen molar-refractivity contribution in [3.05, 3.63) is 0 Å². The number of carbonyl (C=O) groups excluding carboxylic acids is 1. The molecule has 3 nitrogen and oxygen atoms in total. The van der Waals surface area contributed by atoms with E-state index < -0.39 is 0 Å². The molecular formula is C19H31ClN2O. The van der Waals surface area contributed by atoms with Crippen molar-refractivity contribution in [1.82, 2.24) is 10.6 Å². The van der Waals surface area contributed by atoms with Crippen molar-refractivity contribution in [3.8, 4) is 0 Å². The molecule has 0 aromatic carbocycles. The van der Waals surface area contributed by atoms with Crippen molar-refractivity contribution in [3.63, 3.8) is 0 Å². The molecule has 4 aliphatic carbocycles. The van der Waals surface area contributed by atoms with Gasteiger partial charge >= 0.3 is 0 Å². The van der Waals surface area contributed by atoms with Crippen LogP contribution in [0.5, 0.6) is 0 Å². The Balaban J connectivity index is 0.00000135. The van der Waals surface area contributed by atoms with Gasteiger partial charge in [-0.3, -0.25) is 4.79 Å². The van der Waals surface area contributed by atoms with Gasteiger partial charge in [0.25, 0.3) is 0 Å². The Labute approximate surface area is 146 Å². The van der Waals surface area contributed by atoms with Crippen molar-refractivity contribution in [2.24, 2.45) is 23.7 Å². The van der Waals surface area contributed by atoms with E-state index in [1.165, 1.54) is 64.2 Å². The molecule has 1 unspecified atom stereocenters. The molecule has 23 heavy (non-hydrogen) atoms. The van der Waals surface area contributed by atoms with Crippen LogP contribution in [0.4, 0.5) is 0 Å². The van der Waals surface area contributed by atoms with Crippen LogP contribution in [0.2, 0.25) is 0 Å². The number of carbonyl (C=O) groups is 1. The van der Waals surface area contributed by atoms with Gasteiger partial charge in [-0.2, -0.15) is 0 Å². The molecule has 6 rings (SSSR count). The Morgan fingerprint density at radius 2 is 1.43 bits per heavy atom. The van der Waals surface area contributed by atoms with Crippen molar-refractivity contribution in [2.75, 3.05) is 0 Å². The average molecular weight is 339 g/mol. The molecular weight excluding hydrogens is 308 g/mol. The lowest BCUT2D eigenvalue weighted by Crippen LogP contribution is -2.60. The Kier molecular flexibility index (Phi) is 4.16. The molecule has 2 N–H and O–H groups in total. The maximum Gasteiger partial charge on any atom is 0.220 e. The predicted molar refractivity (Wildman–Crippen MR) is 93.6 cm³/mol. The number of rotatable bonds is 3. The number of piperidine rings is 1. The number of halogens is 1. The molecule has 0 radical (unpaired) electrons. The van der Waals surface area contributed by atoms with Crippen LogP contribution in [0.15, 0.2) is 0 Å². The third-order valence-corrected chi connectivity index (χ3v) is 7.49. The summed E-state index contributed by atoms with van der Waals surface area (Å²) in [5.41, 5.74) is 0.206. The van der Waals surface area contributed by atoms with Crippen LogP contribution >= 0.6 is 12.4 Å². The Bertz CT molecular complexity index is 433. The van der Waals surface area contributed by atoms with E-state index in [0.717, 1.165) is 24.2 Å². The van der Waals surface area contributed by atoms with Crippen LogP contribution in [-0.2, 0) is 4.79 Å². The third-order valence-electron chi connectivity index (χ3n) is 7.49. The van der Waals surface area contributed by atoms with Crippen molar-refractivity contribution < 1.29 is 4.79 Å². The van der Waals surface area contributed by atoms with Crippen LogP contribution in [0, 0.1) is 23.7 Å². The van der Waals surface area contributed by atoms with Gasteiger partial charge in [0.05, 0.1) is 0 Å². The van der Waals surface area contributed by atoms with Gasteiger partial charge in [-0.15, -0.1) is 12.4 Å². The molecule has 0 aromatic heterocycles. The Morgan fingerprint density at radius 3 is 1.96 bits per heavy atom. The topological polar surface area (TPSA) is 41.1 Å². The van der Waals surface area contributed by atoms with Gasteiger partial charge in [0.2, 0.25) is 5.91 Å². The highest BCUT2D eigenvalue weighted by molar-refractivity contribution is 5.85. The molecule has 6 fully saturated rings. The quantitative estimate of drug-likeness (QED) is 0.828. The van der Waals surface area contributed by atoms with Crippen molar-refractivity contribution in [2.45, 2.75) is 88.3 Å². The van der Waals surface area contributed by atoms with E-state index in [2.05, 4.69) is 10.6 Å². The van der Waals surface area contributed by atoms with E-state index in [0.29, 0.717) is 23.9 Å². The van der Waals surface area contributed by atoms with E-state index in [9.17, 15) is 4.79 Å². The smallest absolute Gasteiger partial charge is 0.220 e. The van der Waals surface area contributed by atoms with Gasteiger partial charge in [-0.05, 0) is 87.9 Å². The fourth-order valence-electron chi connectivity index (χ4n) is 7.21. The zero-order chi connectivity index (χ0) is 14.7. The lowest BCUT2D eigenvalue weighted by atomic mass is 9.53. The maximum atomic E-state index is 12.7. The van der Waals surface area contributed by atoms with Crippen molar-refractivity contribution >= 4 is 18.3 Å². The Hall–Kier alpha value is -0.280. The number of amides is 1. The minimum absolute atomic E-state index is 0. The molecule has 4 heteroatoms. The molecule has 4 saturated carbocycles. The first-order chi connectivity index (χ1) is 10.7. The lowest BCUT2D eigenvalue weighted by Gasteiger charge is -2.57. The van der Waals surface area contributed by atoms with Gasteiger partial charge in [0.1, 0.15) is 0 Å². The number of hydrogen-bond donors (Lipinski definition) is 2. The molecule has 3 atom stereocenters. The first kappa shape index (κ1) is 16.2. The molecule has 6 bridgehead atoms. The minimum Gasteiger partial charge on any atom is -0.351 e. The fourth-order valence-corrected chi connectivity index (χ4v) is 7.21. The van der Waals surface area contributed by atoms with E-state index in [1.807, 2.05) is 0 Å². The molecule has 2 saturated heterocycles. The van der Waals surface area contributed by atoms with Crippen LogP contribution in [0.1, 0.15) is 70.6 Å². The Morgan fingerprint density at radius 1 is 0.913 bits per heavy atom. The number of nitrogens with one attached hydrogen (secondary N) is 2. The van der Waals surface area contributed by atoms with Gasteiger partial charge < -0.3 is 10.6 Å². The molecule has 6 aliphatic rings. The van der Waals surface area contributed by atoms with Crippen molar-refractivity contribution in [1.29, 1.82) is 0 Å². The highest BCUT2D eigenvalue weighted by atomic mass is 35.5. The molecule has 1 amide bonds. The predicted octanol–water partition coefficient (Wildman–Crippen LogP) is 3.41. The summed E-state index contributed by atoms with van der Waals surface area (Å²) in [5, 5.41) is 7.25. The van der Waals surface area contributed by atoms with Crippen LogP contribution in [0.3, 0.4) is 0 Å². The lowest BCUT2D eigenvalue weighted by molar-refractivity contribution is -0.128. The van der Waals surface area contributed by atoms with Gasteiger partial charge in [0, 0.05) is 24.0 Å². The zero-order valence-corrected chi connectivity index (χ0v) is 14.9. The van der Waals surface area contributed by atoms with E-state index >= 15 is 0 Å². The minimum atomic E-state index is 0. The SMILES string of the molecule is Cl.O=C(CC1C[C@H]2CC[C@@H](C1)N2)NC12CC3CC(CC(C3)C1)C2. The maximum absolute atomic E-state index is 12.7. The molecule has 2 aliphatic heterocycles. The van der Waals surface area contributed by atoms with E-state index in [-0.39, 0.29) is 17.9 Å². The number of fused-ring (bicyclic) bond motifs is 2. The monoisotopic (exact) mass is 338 g/mol. The summed E-state index contributed by atoms with van der Waals surface area (Å²) < 4.78 is 0. The van der Waals surface area contributed by atoms with Crippen LogP contribution < -0.4 is 10.6 Å². The summed E-state index contributed by atoms with van der Waals surface area (Å²) in [6.45, 7) is 0. The molecule has 0 spiro atoms. The first-order valence-electron chi connectivity index (χ1n) is 9.73. The largest absolute Gasteiger partial charge is 0.351 e. The summed E-state index contributed by atoms with van der Waals surface area (Å²) in [7, 11) is 0. The average Bonchev–Trinajstić information content (AvgIpc) is 2.75. The van der Waals surface area contributed by atoms with Crippen LogP contribution in [0.25, 0.3) is 0 Å². The highest BCUT2D eigenvalue weighted by Gasteiger charge is 2.51. The zero-order valence-electron chi connectivity index (χ0n) is 14.1. The first-order valence-corrected chi connectivity index (χ1v) is 9.73. The van der Waals surface area contributed by atoms with Gasteiger partial charge in [-0.25, -0.2) is 0 Å². The number of hydrogen-bond acceptors (Lipinski definition) is 2. The highest BCUT2D eigenvalue weighted by Crippen LogP contribution is 2.55. The summed E-state index contributed by atoms with van der Waals surface area (Å²) in [4.78, 5) is 12.7. The molecule has 2 heterocycles.